The standard InChI is InChI=1S/C20H14BrClN2O2S2/c1-28(25,26)14-6-4-5-13(11-14)18-9-10-19(27-18)20-16(22)12-23-24(20)17-8-3-2-7-15(17)21/h2-12H,1H3. The van der Waals surface area contributed by atoms with Crippen LogP contribution in [-0.4, -0.2) is 24.5 Å². The number of nitrogens with zero attached hydrogens (tertiary/aromatic N) is 2. The molecule has 0 bridgehead atoms. The van der Waals surface area contributed by atoms with Gasteiger partial charge in [-0.25, -0.2) is 13.1 Å². The van der Waals surface area contributed by atoms with Gasteiger partial charge in [-0.2, -0.15) is 5.10 Å². The highest BCUT2D eigenvalue weighted by Gasteiger charge is 2.17. The van der Waals surface area contributed by atoms with Crippen molar-refractivity contribution in [1.82, 2.24) is 9.78 Å². The zero-order chi connectivity index (χ0) is 19.9. The second-order valence-corrected chi connectivity index (χ2v) is 10.5. The molecule has 142 valence electrons. The van der Waals surface area contributed by atoms with Gasteiger partial charge in [-0.3, -0.25) is 0 Å². The number of para-hydroxylation sites is 1. The fourth-order valence-electron chi connectivity index (χ4n) is 2.86. The van der Waals surface area contributed by atoms with E-state index in [1.165, 1.54) is 17.6 Å². The fourth-order valence-corrected chi connectivity index (χ4v) is 5.31. The first-order valence-electron chi connectivity index (χ1n) is 8.24. The molecule has 0 aliphatic heterocycles. The van der Waals surface area contributed by atoms with Gasteiger partial charge in [-0.1, -0.05) is 35.9 Å². The molecule has 28 heavy (non-hydrogen) atoms. The van der Waals surface area contributed by atoms with Gasteiger partial charge in [0, 0.05) is 15.6 Å². The van der Waals surface area contributed by atoms with Crippen molar-refractivity contribution in [2.24, 2.45) is 0 Å². The van der Waals surface area contributed by atoms with Crippen LogP contribution in [0.4, 0.5) is 0 Å². The van der Waals surface area contributed by atoms with Crippen LogP contribution in [0.5, 0.6) is 0 Å². The Balaban J connectivity index is 1.80. The molecule has 0 spiro atoms. The molecule has 8 heteroatoms. The third-order valence-corrected chi connectivity index (χ3v) is 7.39. The van der Waals surface area contributed by atoms with E-state index in [0.29, 0.717) is 9.92 Å². The highest BCUT2D eigenvalue weighted by atomic mass is 79.9. The van der Waals surface area contributed by atoms with E-state index in [0.717, 1.165) is 31.2 Å². The van der Waals surface area contributed by atoms with Crippen molar-refractivity contribution < 1.29 is 8.42 Å². The van der Waals surface area contributed by atoms with E-state index in [-0.39, 0.29) is 0 Å². The third-order valence-electron chi connectivity index (χ3n) is 4.19. The van der Waals surface area contributed by atoms with Gasteiger partial charge in [0.25, 0.3) is 0 Å². The van der Waals surface area contributed by atoms with Gasteiger partial charge in [0.1, 0.15) is 5.69 Å². The molecule has 0 saturated carbocycles. The van der Waals surface area contributed by atoms with Crippen LogP contribution >= 0.6 is 38.9 Å². The number of sulfone groups is 1. The van der Waals surface area contributed by atoms with Gasteiger partial charge < -0.3 is 0 Å². The summed E-state index contributed by atoms with van der Waals surface area (Å²) in [5, 5.41) is 4.98. The zero-order valence-corrected chi connectivity index (χ0v) is 18.6. The molecule has 0 aliphatic rings. The van der Waals surface area contributed by atoms with E-state index in [1.807, 2.05) is 42.5 Å². The van der Waals surface area contributed by atoms with Crippen molar-refractivity contribution in [2.75, 3.05) is 6.26 Å². The minimum Gasteiger partial charge on any atom is -0.230 e. The topological polar surface area (TPSA) is 52.0 Å². The summed E-state index contributed by atoms with van der Waals surface area (Å²) in [6.07, 6.45) is 2.84. The summed E-state index contributed by atoms with van der Waals surface area (Å²) in [5.41, 5.74) is 2.53. The summed E-state index contributed by atoms with van der Waals surface area (Å²) in [7, 11) is -3.26. The molecule has 4 nitrogen and oxygen atoms in total. The van der Waals surface area contributed by atoms with E-state index < -0.39 is 9.84 Å². The lowest BCUT2D eigenvalue weighted by Crippen LogP contribution is -1.99. The maximum Gasteiger partial charge on any atom is 0.175 e. The average molecular weight is 494 g/mol. The van der Waals surface area contributed by atoms with E-state index >= 15 is 0 Å². The summed E-state index contributed by atoms with van der Waals surface area (Å²) < 4.78 is 26.4. The van der Waals surface area contributed by atoms with Gasteiger partial charge in [-0.05, 0) is 57.9 Å². The second kappa shape index (κ2) is 7.48. The van der Waals surface area contributed by atoms with Crippen molar-refractivity contribution in [1.29, 1.82) is 0 Å². The van der Waals surface area contributed by atoms with Crippen molar-refractivity contribution >= 4 is 48.7 Å². The van der Waals surface area contributed by atoms with Crippen LogP contribution in [-0.2, 0) is 9.84 Å². The predicted octanol–water partition coefficient (Wildman–Crippen LogP) is 6.09. The second-order valence-electron chi connectivity index (χ2n) is 6.17. The van der Waals surface area contributed by atoms with Gasteiger partial charge in [0.15, 0.2) is 9.84 Å². The number of thiophene rings is 1. The molecule has 0 aliphatic carbocycles. The van der Waals surface area contributed by atoms with Crippen LogP contribution in [0, 0.1) is 0 Å². The molecule has 4 aromatic rings. The number of aromatic nitrogens is 2. The number of halogens is 2. The summed E-state index contributed by atoms with van der Waals surface area (Å²) in [6, 6.07) is 18.7. The summed E-state index contributed by atoms with van der Waals surface area (Å²) in [6.45, 7) is 0. The van der Waals surface area contributed by atoms with E-state index in [1.54, 1.807) is 29.1 Å². The number of hydrogen-bond donors (Lipinski definition) is 0. The minimum absolute atomic E-state index is 0.302. The van der Waals surface area contributed by atoms with Crippen molar-refractivity contribution in [3.8, 4) is 26.7 Å². The Kier molecular flexibility index (Phi) is 5.18. The minimum atomic E-state index is -3.26. The number of hydrogen-bond acceptors (Lipinski definition) is 4. The Labute approximate surface area is 180 Å². The third kappa shape index (κ3) is 3.67. The first kappa shape index (κ1) is 19.4. The van der Waals surface area contributed by atoms with Gasteiger partial charge in [0.05, 0.1) is 26.7 Å². The van der Waals surface area contributed by atoms with Crippen LogP contribution in [0.3, 0.4) is 0 Å². The maximum atomic E-state index is 11.9. The van der Waals surface area contributed by atoms with Crippen LogP contribution < -0.4 is 0 Å². The van der Waals surface area contributed by atoms with Crippen LogP contribution in [0.1, 0.15) is 0 Å². The smallest absolute Gasteiger partial charge is 0.175 e. The fraction of sp³-hybridized carbons (Fsp3) is 0.0500. The molecular formula is C20H14BrClN2O2S2. The summed E-state index contributed by atoms with van der Waals surface area (Å²) >= 11 is 11.5. The Hall–Kier alpha value is -1.93. The van der Waals surface area contributed by atoms with Gasteiger partial charge in [0.2, 0.25) is 0 Å². The molecular weight excluding hydrogens is 480 g/mol. The van der Waals surface area contributed by atoms with Crippen molar-refractivity contribution in [3.63, 3.8) is 0 Å². The quantitative estimate of drug-likeness (QED) is 0.346. The largest absolute Gasteiger partial charge is 0.230 e. The van der Waals surface area contributed by atoms with E-state index in [9.17, 15) is 8.42 Å². The molecule has 2 aromatic carbocycles. The molecule has 2 heterocycles. The Morgan fingerprint density at radius 2 is 1.79 bits per heavy atom. The lowest BCUT2D eigenvalue weighted by molar-refractivity contribution is 0.602. The lowest BCUT2D eigenvalue weighted by Gasteiger charge is -2.08. The monoisotopic (exact) mass is 492 g/mol. The molecule has 0 amide bonds. The summed E-state index contributed by atoms with van der Waals surface area (Å²) in [5.74, 6) is 0. The van der Waals surface area contributed by atoms with Crippen LogP contribution in [0.15, 0.2) is 76.2 Å². The number of rotatable bonds is 4. The Morgan fingerprint density at radius 1 is 1.04 bits per heavy atom. The Bertz CT molecular complexity index is 1280. The normalized spacial score (nSPS) is 11.7. The average Bonchev–Trinajstić information content (AvgIpc) is 3.28. The van der Waals surface area contributed by atoms with E-state index in [2.05, 4.69) is 21.0 Å². The van der Waals surface area contributed by atoms with Crippen molar-refractivity contribution in [2.45, 2.75) is 4.90 Å². The number of benzene rings is 2. The van der Waals surface area contributed by atoms with Crippen molar-refractivity contribution in [3.05, 3.63) is 76.4 Å². The van der Waals surface area contributed by atoms with E-state index in [4.69, 9.17) is 11.6 Å². The zero-order valence-electron chi connectivity index (χ0n) is 14.6. The van der Waals surface area contributed by atoms with Crippen LogP contribution in [0.25, 0.3) is 26.7 Å². The van der Waals surface area contributed by atoms with Gasteiger partial charge in [-0.15, -0.1) is 11.3 Å². The highest BCUT2D eigenvalue weighted by molar-refractivity contribution is 9.10. The molecule has 0 N–H and O–H groups in total. The molecule has 0 radical (unpaired) electrons. The molecule has 4 rings (SSSR count). The first-order chi connectivity index (χ1) is 13.3. The molecule has 2 aromatic heterocycles. The lowest BCUT2D eigenvalue weighted by atomic mass is 10.2. The van der Waals surface area contributed by atoms with Gasteiger partial charge >= 0.3 is 0 Å². The summed E-state index contributed by atoms with van der Waals surface area (Å²) in [4.78, 5) is 2.20. The molecule has 0 atom stereocenters. The molecule has 0 fully saturated rings. The predicted molar refractivity (Wildman–Crippen MR) is 118 cm³/mol. The SMILES string of the molecule is CS(=O)(=O)c1cccc(-c2ccc(-c3c(Cl)cnn3-c3ccccc3Br)s2)c1. The maximum absolute atomic E-state index is 11.9. The Morgan fingerprint density at radius 3 is 2.54 bits per heavy atom. The first-order valence-corrected chi connectivity index (χ1v) is 12.1. The van der Waals surface area contributed by atoms with Crippen LogP contribution in [0.2, 0.25) is 5.02 Å². The molecule has 0 saturated heterocycles. The molecule has 0 unspecified atom stereocenters. The highest BCUT2D eigenvalue weighted by Crippen LogP contribution is 2.39.